The molecule has 0 saturated carbocycles. The first kappa shape index (κ1) is 12.5. The summed E-state index contributed by atoms with van der Waals surface area (Å²) in [6.07, 6.45) is 4.74. The molecule has 0 aliphatic carbocycles. The van der Waals surface area contributed by atoms with Crippen LogP contribution in [-0.2, 0) is 0 Å². The highest BCUT2D eigenvalue weighted by Crippen LogP contribution is 2.23. The van der Waals surface area contributed by atoms with Gasteiger partial charge in [-0.15, -0.1) is 0 Å². The third-order valence-corrected chi connectivity index (χ3v) is 3.36. The molecule has 2 heterocycles. The molecule has 0 unspecified atom stereocenters. The number of para-hydroxylation sites is 1. The predicted molar refractivity (Wildman–Crippen MR) is 84.2 cm³/mol. The van der Waals surface area contributed by atoms with Gasteiger partial charge in [0.05, 0.1) is 11.2 Å². The first-order chi connectivity index (χ1) is 10.9. The molecule has 4 rings (SSSR count). The van der Waals surface area contributed by atoms with Crippen LogP contribution in [0.2, 0.25) is 0 Å². The van der Waals surface area contributed by atoms with Crippen LogP contribution in [0.25, 0.3) is 16.6 Å². The normalized spacial score (nSPS) is 10.7. The van der Waals surface area contributed by atoms with E-state index in [4.69, 9.17) is 0 Å². The van der Waals surface area contributed by atoms with Gasteiger partial charge < -0.3 is 5.32 Å². The second-order valence-electron chi connectivity index (χ2n) is 4.75. The van der Waals surface area contributed by atoms with E-state index in [-0.39, 0.29) is 0 Å². The summed E-state index contributed by atoms with van der Waals surface area (Å²) in [5.41, 5.74) is 2.82. The van der Waals surface area contributed by atoms with Crippen molar-refractivity contribution < 1.29 is 0 Å². The molecule has 1 N–H and O–H groups in total. The second kappa shape index (κ2) is 5.25. The zero-order chi connectivity index (χ0) is 14.8. The number of hydrogen-bond acceptors (Lipinski definition) is 5. The first-order valence-electron chi connectivity index (χ1n) is 6.82. The van der Waals surface area contributed by atoms with Gasteiger partial charge in [0.2, 0.25) is 0 Å². The minimum absolute atomic E-state index is 0.791. The Balaban J connectivity index is 1.65. The van der Waals surface area contributed by atoms with Crippen LogP contribution in [-0.4, -0.2) is 24.7 Å². The zero-order valence-electron chi connectivity index (χ0n) is 11.6. The molecular formula is C16H12N6. The van der Waals surface area contributed by atoms with E-state index < -0.39 is 0 Å². The molecule has 0 aliphatic heterocycles. The van der Waals surface area contributed by atoms with E-state index >= 15 is 0 Å². The molecule has 0 aliphatic rings. The van der Waals surface area contributed by atoms with Crippen LogP contribution in [0.5, 0.6) is 0 Å². The van der Waals surface area contributed by atoms with Crippen LogP contribution in [0, 0.1) is 0 Å². The van der Waals surface area contributed by atoms with Gasteiger partial charge in [0.25, 0.3) is 0 Å². The summed E-state index contributed by atoms with van der Waals surface area (Å²) in [6.45, 7) is 0. The van der Waals surface area contributed by atoms with Crippen molar-refractivity contribution in [1.82, 2.24) is 24.7 Å². The van der Waals surface area contributed by atoms with E-state index in [1.807, 2.05) is 48.5 Å². The zero-order valence-corrected chi connectivity index (χ0v) is 11.6. The number of aromatic nitrogens is 5. The number of hydrogen-bond donors (Lipinski definition) is 1. The van der Waals surface area contributed by atoms with Crippen molar-refractivity contribution in [2.75, 3.05) is 5.32 Å². The van der Waals surface area contributed by atoms with E-state index in [0.29, 0.717) is 0 Å². The summed E-state index contributed by atoms with van der Waals surface area (Å²) in [5.74, 6) is 0.791. The molecule has 22 heavy (non-hydrogen) atoms. The topological polar surface area (TPSA) is 68.5 Å². The van der Waals surface area contributed by atoms with Gasteiger partial charge in [0.15, 0.2) is 0 Å². The van der Waals surface area contributed by atoms with Crippen molar-refractivity contribution in [1.29, 1.82) is 0 Å². The van der Waals surface area contributed by atoms with Gasteiger partial charge in [0.1, 0.15) is 24.8 Å². The first-order valence-corrected chi connectivity index (χ1v) is 6.82. The van der Waals surface area contributed by atoms with Crippen molar-refractivity contribution in [2.24, 2.45) is 0 Å². The average molecular weight is 288 g/mol. The minimum Gasteiger partial charge on any atom is -0.340 e. The fourth-order valence-corrected chi connectivity index (χ4v) is 2.28. The van der Waals surface area contributed by atoms with Crippen molar-refractivity contribution >= 4 is 22.4 Å². The Morgan fingerprint density at radius 1 is 0.864 bits per heavy atom. The lowest BCUT2D eigenvalue weighted by Crippen LogP contribution is -1.97. The fraction of sp³-hybridized carbons (Fsp3) is 0. The second-order valence-corrected chi connectivity index (χ2v) is 4.75. The molecule has 0 bridgehead atoms. The van der Waals surface area contributed by atoms with Gasteiger partial charge in [-0.05, 0) is 36.4 Å². The molecule has 2 aromatic carbocycles. The maximum atomic E-state index is 4.32. The quantitative estimate of drug-likeness (QED) is 0.627. The largest absolute Gasteiger partial charge is 0.340 e. The summed E-state index contributed by atoms with van der Waals surface area (Å²) in [5, 5.41) is 8.42. The maximum Gasteiger partial charge on any atom is 0.141 e. The minimum atomic E-state index is 0.791. The Bertz CT molecular complexity index is 894. The molecule has 0 saturated heterocycles. The van der Waals surface area contributed by atoms with Crippen LogP contribution >= 0.6 is 0 Å². The number of anilines is 2. The smallest absolute Gasteiger partial charge is 0.141 e. The molecule has 106 valence electrons. The highest BCUT2D eigenvalue weighted by molar-refractivity contribution is 5.90. The van der Waals surface area contributed by atoms with E-state index in [9.17, 15) is 0 Å². The van der Waals surface area contributed by atoms with Crippen molar-refractivity contribution in [3.63, 3.8) is 0 Å². The van der Waals surface area contributed by atoms with E-state index in [0.717, 1.165) is 28.1 Å². The molecule has 0 radical (unpaired) electrons. The number of fused-ring (bicyclic) bond motifs is 1. The lowest BCUT2D eigenvalue weighted by atomic mass is 10.2. The average Bonchev–Trinajstić information content (AvgIpc) is 3.10. The van der Waals surface area contributed by atoms with Gasteiger partial charge in [-0.25, -0.2) is 19.6 Å². The highest BCUT2D eigenvalue weighted by atomic mass is 15.3. The Morgan fingerprint density at radius 3 is 2.55 bits per heavy atom. The third-order valence-electron chi connectivity index (χ3n) is 3.36. The summed E-state index contributed by atoms with van der Waals surface area (Å²) >= 11 is 0. The van der Waals surface area contributed by atoms with Crippen LogP contribution in [0.15, 0.2) is 67.5 Å². The summed E-state index contributed by atoms with van der Waals surface area (Å²) in [6, 6.07) is 15.8. The van der Waals surface area contributed by atoms with Gasteiger partial charge in [-0.1, -0.05) is 12.1 Å². The van der Waals surface area contributed by atoms with E-state index in [1.54, 1.807) is 17.3 Å². The van der Waals surface area contributed by atoms with Crippen LogP contribution in [0.1, 0.15) is 0 Å². The fourth-order valence-electron chi connectivity index (χ4n) is 2.28. The SMILES string of the molecule is c1ccc2c(Nc3ccc(-n4cncn4)cc3)ncnc2c1. The molecule has 2 aromatic heterocycles. The third kappa shape index (κ3) is 2.26. The maximum absolute atomic E-state index is 4.32. The summed E-state index contributed by atoms with van der Waals surface area (Å²) < 4.78 is 1.71. The Labute approximate surface area is 126 Å². The highest BCUT2D eigenvalue weighted by Gasteiger charge is 2.03. The van der Waals surface area contributed by atoms with Gasteiger partial charge >= 0.3 is 0 Å². The van der Waals surface area contributed by atoms with Crippen molar-refractivity contribution in [3.8, 4) is 5.69 Å². The van der Waals surface area contributed by atoms with E-state index in [1.165, 1.54) is 6.33 Å². The standard InChI is InChI=1S/C16H12N6/c1-2-4-15-14(3-1)16(19-10-18-15)21-12-5-7-13(8-6-12)22-11-17-9-20-22/h1-11H,(H,18,19,21). The lowest BCUT2D eigenvalue weighted by molar-refractivity contribution is 0.879. The van der Waals surface area contributed by atoms with Gasteiger partial charge in [0, 0.05) is 11.1 Å². The van der Waals surface area contributed by atoms with E-state index in [2.05, 4.69) is 25.4 Å². The molecule has 0 fully saturated rings. The summed E-state index contributed by atoms with van der Waals surface area (Å²) in [4.78, 5) is 12.5. The number of nitrogens with zero attached hydrogens (tertiary/aromatic N) is 5. The molecule has 0 spiro atoms. The Hall–Kier alpha value is -3.28. The van der Waals surface area contributed by atoms with Crippen molar-refractivity contribution in [3.05, 3.63) is 67.5 Å². The number of rotatable bonds is 3. The molecule has 6 heteroatoms. The molecule has 0 atom stereocenters. The van der Waals surface area contributed by atoms with Crippen LogP contribution in [0.3, 0.4) is 0 Å². The number of nitrogens with one attached hydrogen (secondary N) is 1. The van der Waals surface area contributed by atoms with Gasteiger partial charge in [-0.3, -0.25) is 0 Å². The predicted octanol–water partition coefficient (Wildman–Crippen LogP) is 2.95. The summed E-state index contributed by atoms with van der Waals surface area (Å²) in [7, 11) is 0. The molecular weight excluding hydrogens is 276 g/mol. The van der Waals surface area contributed by atoms with Crippen LogP contribution in [0.4, 0.5) is 11.5 Å². The van der Waals surface area contributed by atoms with Gasteiger partial charge in [-0.2, -0.15) is 5.10 Å². The Kier molecular flexibility index (Phi) is 2.97. The lowest BCUT2D eigenvalue weighted by Gasteiger charge is -2.09. The molecule has 6 nitrogen and oxygen atoms in total. The van der Waals surface area contributed by atoms with Crippen molar-refractivity contribution in [2.45, 2.75) is 0 Å². The molecule has 0 amide bonds. The molecule has 4 aromatic rings. The Morgan fingerprint density at radius 2 is 1.73 bits per heavy atom. The van der Waals surface area contributed by atoms with Crippen LogP contribution < -0.4 is 5.32 Å². The monoisotopic (exact) mass is 288 g/mol. The number of benzene rings is 2.